The quantitative estimate of drug-likeness (QED) is 0.851. The molecule has 122 valence electrons. The molecule has 0 saturated carbocycles. The molecule has 2 atom stereocenters. The maximum Gasteiger partial charge on any atom is 0.271 e. The first-order valence-corrected chi connectivity index (χ1v) is 8.78. The van der Waals surface area contributed by atoms with E-state index in [0.717, 1.165) is 30.0 Å². The summed E-state index contributed by atoms with van der Waals surface area (Å²) in [6.45, 7) is 1.29. The van der Waals surface area contributed by atoms with E-state index >= 15 is 0 Å². The zero-order chi connectivity index (χ0) is 16.1. The van der Waals surface area contributed by atoms with Crippen LogP contribution in [0, 0.1) is 0 Å². The average Bonchev–Trinajstić information content (AvgIpc) is 3.25. The van der Waals surface area contributed by atoms with Crippen LogP contribution in [0.4, 0.5) is 0 Å². The number of hydrogen-bond donors (Lipinski definition) is 2. The van der Waals surface area contributed by atoms with Crippen LogP contribution in [0.15, 0.2) is 35.7 Å². The van der Waals surface area contributed by atoms with Gasteiger partial charge in [-0.15, -0.1) is 11.3 Å². The minimum atomic E-state index is -0.158. The minimum absolute atomic E-state index is 0.0171. The van der Waals surface area contributed by atoms with E-state index in [9.17, 15) is 4.79 Å². The van der Waals surface area contributed by atoms with Gasteiger partial charge in [-0.2, -0.15) is 0 Å². The topological polar surface area (TPSA) is 77.2 Å². The van der Waals surface area contributed by atoms with Gasteiger partial charge in [0, 0.05) is 18.4 Å². The summed E-state index contributed by atoms with van der Waals surface area (Å²) in [4.78, 5) is 16.9. The van der Waals surface area contributed by atoms with Crippen LogP contribution in [0.25, 0.3) is 0 Å². The molecule has 2 aromatic rings. The summed E-state index contributed by atoms with van der Waals surface area (Å²) >= 11 is 1.47. The van der Waals surface area contributed by atoms with Crippen LogP contribution >= 0.6 is 11.3 Å². The summed E-state index contributed by atoms with van der Waals surface area (Å²) in [5.74, 6) is -0.158. The third-order valence-electron chi connectivity index (χ3n) is 3.92. The van der Waals surface area contributed by atoms with Crippen LogP contribution in [-0.4, -0.2) is 30.1 Å². The van der Waals surface area contributed by atoms with Gasteiger partial charge in [0.1, 0.15) is 5.69 Å². The molecule has 0 bridgehead atoms. The molecule has 2 heterocycles. The lowest BCUT2D eigenvalue weighted by Gasteiger charge is -2.24. The van der Waals surface area contributed by atoms with Gasteiger partial charge < -0.3 is 15.8 Å². The average molecular weight is 331 g/mol. The highest BCUT2D eigenvalue weighted by Gasteiger charge is 2.29. The van der Waals surface area contributed by atoms with Gasteiger partial charge in [-0.25, -0.2) is 4.98 Å². The number of nitrogens with zero attached hydrogens (tertiary/aromatic N) is 1. The van der Waals surface area contributed by atoms with Crippen molar-refractivity contribution in [1.29, 1.82) is 0 Å². The van der Waals surface area contributed by atoms with Crippen molar-refractivity contribution < 1.29 is 9.53 Å². The van der Waals surface area contributed by atoms with Crippen molar-refractivity contribution >= 4 is 17.2 Å². The SMILES string of the molecule is NCCc1nc(C(=O)NC(c2ccccc2)C2CCCO2)cs1. The molecule has 3 rings (SSSR count). The predicted molar refractivity (Wildman–Crippen MR) is 90.5 cm³/mol. The number of hydrogen-bond acceptors (Lipinski definition) is 5. The summed E-state index contributed by atoms with van der Waals surface area (Å²) in [5.41, 5.74) is 7.05. The van der Waals surface area contributed by atoms with Crippen molar-refractivity contribution in [2.45, 2.75) is 31.4 Å². The molecule has 3 N–H and O–H groups in total. The van der Waals surface area contributed by atoms with Gasteiger partial charge in [0.25, 0.3) is 5.91 Å². The Hall–Kier alpha value is -1.76. The normalized spacial score (nSPS) is 18.7. The van der Waals surface area contributed by atoms with Gasteiger partial charge in [-0.1, -0.05) is 30.3 Å². The van der Waals surface area contributed by atoms with E-state index in [1.807, 2.05) is 30.3 Å². The zero-order valence-electron chi connectivity index (χ0n) is 12.9. The molecule has 0 aliphatic carbocycles. The van der Waals surface area contributed by atoms with Crippen LogP contribution in [0.3, 0.4) is 0 Å². The smallest absolute Gasteiger partial charge is 0.271 e. The first-order valence-electron chi connectivity index (χ1n) is 7.90. The van der Waals surface area contributed by atoms with E-state index in [-0.39, 0.29) is 18.1 Å². The van der Waals surface area contributed by atoms with Crippen molar-refractivity contribution in [3.05, 3.63) is 52.0 Å². The molecular formula is C17H21N3O2S. The first-order chi connectivity index (χ1) is 11.3. The van der Waals surface area contributed by atoms with Gasteiger partial charge >= 0.3 is 0 Å². The molecule has 1 aromatic heterocycles. The Morgan fingerprint density at radius 1 is 1.43 bits per heavy atom. The summed E-state index contributed by atoms with van der Waals surface area (Å²) in [7, 11) is 0. The number of benzene rings is 1. The molecule has 1 fully saturated rings. The third-order valence-corrected chi connectivity index (χ3v) is 4.83. The summed E-state index contributed by atoms with van der Waals surface area (Å²) in [6, 6.07) is 9.82. The van der Waals surface area contributed by atoms with Crippen molar-refractivity contribution in [3.8, 4) is 0 Å². The fourth-order valence-electron chi connectivity index (χ4n) is 2.79. The number of thiazole rings is 1. The van der Waals surface area contributed by atoms with Crippen LogP contribution in [0.2, 0.25) is 0 Å². The number of ether oxygens (including phenoxy) is 1. The Morgan fingerprint density at radius 2 is 2.26 bits per heavy atom. The second-order valence-electron chi connectivity index (χ2n) is 5.58. The molecule has 1 aliphatic heterocycles. The molecule has 1 amide bonds. The van der Waals surface area contributed by atoms with Gasteiger partial charge in [-0.05, 0) is 24.9 Å². The summed E-state index contributed by atoms with van der Waals surface area (Å²) < 4.78 is 5.80. The Kier molecular flexibility index (Phi) is 5.38. The van der Waals surface area contributed by atoms with E-state index in [4.69, 9.17) is 10.5 Å². The van der Waals surface area contributed by atoms with Crippen molar-refractivity contribution in [3.63, 3.8) is 0 Å². The maximum absolute atomic E-state index is 12.5. The zero-order valence-corrected chi connectivity index (χ0v) is 13.7. The van der Waals surface area contributed by atoms with E-state index in [2.05, 4.69) is 10.3 Å². The van der Waals surface area contributed by atoms with Crippen LogP contribution < -0.4 is 11.1 Å². The van der Waals surface area contributed by atoms with Crippen molar-refractivity contribution in [2.24, 2.45) is 5.73 Å². The van der Waals surface area contributed by atoms with Crippen LogP contribution in [-0.2, 0) is 11.2 Å². The van der Waals surface area contributed by atoms with Gasteiger partial charge in [0.15, 0.2) is 0 Å². The molecule has 1 aliphatic rings. The Morgan fingerprint density at radius 3 is 2.96 bits per heavy atom. The van der Waals surface area contributed by atoms with Crippen LogP contribution in [0.5, 0.6) is 0 Å². The maximum atomic E-state index is 12.5. The fraction of sp³-hybridized carbons (Fsp3) is 0.412. The van der Waals surface area contributed by atoms with E-state index < -0.39 is 0 Å². The highest BCUT2D eigenvalue weighted by atomic mass is 32.1. The molecule has 6 heteroatoms. The lowest BCUT2D eigenvalue weighted by atomic mass is 9.99. The first kappa shape index (κ1) is 16.1. The molecule has 2 unspecified atom stereocenters. The molecule has 0 spiro atoms. The van der Waals surface area contributed by atoms with Crippen molar-refractivity contribution in [1.82, 2.24) is 10.3 Å². The van der Waals surface area contributed by atoms with Gasteiger partial charge in [0.2, 0.25) is 0 Å². The largest absolute Gasteiger partial charge is 0.376 e. The number of rotatable bonds is 6. The number of nitrogens with one attached hydrogen (secondary N) is 1. The number of aromatic nitrogens is 1. The molecular weight excluding hydrogens is 310 g/mol. The number of amides is 1. The number of nitrogens with two attached hydrogens (primary N) is 1. The second-order valence-corrected chi connectivity index (χ2v) is 6.52. The van der Waals surface area contributed by atoms with E-state index in [0.29, 0.717) is 18.7 Å². The van der Waals surface area contributed by atoms with E-state index in [1.165, 1.54) is 11.3 Å². The number of carbonyl (C=O) groups excluding carboxylic acids is 1. The Labute approximate surface area is 139 Å². The minimum Gasteiger partial charge on any atom is -0.376 e. The monoisotopic (exact) mass is 331 g/mol. The summed E-state index contributed by atoms with van der Waals surface area (Å²) in [6.07, 6.45) is 2.70. The predicted octanol–water partition coefficient (Wildman–Crippen LogP) is 2.29. The second kappa shape index (κ2) is 7.68. The molecule has 23 heavy (non-hydrogen) atoms. The molecule has 0 radical (unpaired) electrons. The Bertz CT molecular complexity index is 638. The number of carbonyl (C=O) groups is 1. The standard InChI is InChI=1S/C17H21N3O2S/c18-9-8-15-19-13(11-23-15)17(21)20-16(14-7-4-10-22-14)12-5-2-1-3-6-12/h1-3,5-6,11,14,16H,4,7-10,18H2,(H,20,21). The van der Waals surface area contributed by atoms with E-state index in [1.54, 1.807) is 5.38 Å². The highest BCUT2D eigenvalue weighted by Crippen LogP contribution is 2.27. The lowest BCUT2D eigenvalue weighted by Crippen LogP contribution is -2.36. The highest BCUT2D eigenvalue weighted by molar-refractivity contribution is 7.09. The molecule has 1 aromatic carbocycles. The summed E-state index contributed by atoms with van der Waals surface area (Å²) in [5, 5.41) is 5.78. The van der Waals surface area contributed by atoms with Gasteiger partial charge in [0.05, 0.1) is 17.2 Å². The Balaban J connectivity index is 1.76. The lowest BCUT2D eigenvalue weighted by molar-refractivity contribution is 0.0670. The molecule has 5 nitrogen and oxygen atoms in total. The van der Waals surface area contributed by atoms with Crippen LogP contribution in [0.1, 0.15) is 39.9 Å². The third kappa shape index (κ3) is 3.96. The van der Waals surface area contributed by atoms with Crippen molar-refractivity contribution in [2.75, 3.05) is 13.2 Å². The molecule has 1 saturated heterocycles. The van der Waals surface area contributed by atoms with Gasteiger partial charge in [-0.3, -0.25) is 4.79 Å². The fourth-order valence-corrected chi connectivity index (χ4v) is 3.58.